The summed E-state index contributed by atoms with van der Waals surface area (Å²) in [6.07, 6.45) is 5.60. The number of aryl methyl sites for hydroxylation is 1. The van der Waals surface area contributed by atoms with E-state index < -0.39 is 11.2 Å². The van der Waals surface area contributed by atoms with Crippen molar-refractivity contribution >= 4 is 17.4 Å². The molecular formula is C47H53N7O4. The van der Waals surface area contributed by atoms with Gasteiger partial charge in [-0.3, -0.25) is 19.2 Å². The summed E-state index contributed by atoms with van der Waals surface area (Å²) in [5.41, 5.74) is 7.44. The summed E-state index contributed by atoms with van der Waals surface area (Å²) >= 11 is 0. The zero-order valence-electron chi connectivity index (χ0n) is 33.1. The smallest absolute Gasteiger partial charge is 0.332 e. The number of amides is 2. The summed E-state index contributed by atoms with van der Waals surface area (Å²) in [4.78, 5) is 51.1. The molecule has 11 heteroatoms. The molecule has 2 amide bonds. The Bertz CT molecular complexity index is 2300. The topological polar surface area (TPSA) is 108 Å². The number of aromatic amines is 1. The number of carbonyl (C=O) groups excluding carboxylic acids is 1. The summed E-state index contributed by atoms with van der Waals surface area (Å²) in [5, 5.41) is 10.2. The van der Waals surface area contributed by atoms with Gasteiger partial charge in [-0.1, -0.05) is 48.5 Å². The molecule has 1 aliphatic carbocycles. The van der Waals surface area contributed by atoms with E-state index in [1.807, 2.05) is 36.4 Å². The van der Waals surface area contributed by atoms with Crippen LogP contribution in [0.1, 0.15) is 53.4 Å². The minimum Gasteiger partial charge on any atom is -0.508 e. The minimum atomic E-state index is -0.441. The first-order chi connectivity index (χ1) is 28.4. The number of fused-ring (bicyclic) bond motifs is 1. The van der Waals surface area contributed by atoms with Crippen LogP contribution in [0.2, 0.25) is 0 Å². The average molecular weight is 780 g/mol. The molecule has 0 bridgehead atoms. The SMILES string of the molecule is O=C(N1CCC(CN2CCN(c3ccc(-n4ccc(=O)[nH]c4=O)cc3)CC2)CC1)N1CCN(c2ccc([C@@H]3c4ccc(O)cc4CC[C@@H]3c3ccccc3)cc2)CC1. The van der Waals surface area contributed by atoms with Crippen LogP contribution in [0.15, 0.2) is 119 Å². The third-order valence-electron chi connectivity index (χ3n) is 13.1. The molecule has 4 aromatic carbocycles. The molecule has 0 saturated carbocycles. The van der Waals surface area contributed by atoms with Crippen LogP contribution in [0.3, 0.4) is 0 Å². The molecule has 11 nitrogen and oxygen atoms in total. The Morgan fingerprint density at radius 1 is 0.638 bits per heavy atom. The zero-order chi connectivity index (χ0) is 39.6. The number of rotatable bonds is 7. The number of nitrogens with zero attached hydrogens (tertiary/aromatic N) is 6. The van der Waals surface area contributed by atoms with Crippen molar-refractivity contribution in [2.24, 2.45) is 5.92 Å². The standard InChI is InChI=1S/C47H53N7O4/c55-41-15-17-43-37(32-41)8-16-42(35-4-2-1-3-5-35)45(43)36-6-9-38(10-7-36)51-28-30-53(31-29-51)47(58)52-21-18-34(19-22-52)33-49-24-26-50(27-25-49)39-11-13-40(14-12-39)54-23-20-44(56)48-46(54)57/h1-7,9-15,17,20,23,32,34,42,45,55H,8,16,18-19,21-22,24-31,33H2,(H,48,56,57)/t42-,45+/m1/s1. The maximum Gasteiger partial charge on any atom is 0.332 e. The number of hydrogen-bond acceptors (Lipinski definition) is 7. The van der Waals surface area contributed by atoms with Crippen LogP contribution in [-0.4, -0.2) is 107 Å². The Labute approximate surface area is 339 Å². The van der Waals surface area contributed by atoms with Crippen molar-refractivity contribution in [1.82, 2.24) is 24.3 Å². The van der Waals surface area contributed by atoms with E-state index in [2.05, 4.69) is 90.1 Å². The molecule has 3 saturated heterocycles. The van der Waals surface area contributed by atoms with Crippen molar-refractivity contribution in [2.75, 3.05) is 81.8 Å². The minimum absolute atomic E-state index is 0.187. The van der Waals surface area contributed by atoms with Gasteiger partial charge in [-0.25, -0.2) is 9.59 Å². The maximum absolute atomic E-state index is 13.7. The van der Waals surface area contributed by atoms with Gasteiger partial charge in [0.1, 0.15) is 5.75 Å². The lowest BCUT2D eigenvalue weighted by molar-refractivity contribution is 0.117. The first kappa shape index (κ1) is 37.7. The van der Waals surface area contributed by atoms with Gasteiger partial charge in [0.05, 0.1) is 5.69 Å². The number of benzene rings is 4. The summed E-state index contributed by atoms with van der Waals surface area (Å²) in [6, 6.07) is 35.3. The Morgan fingerprint density at radius 2 is 1.26 bits per heavy atom. The predicted molar refractivity (Wildman–Crippen MR) is 229 cm³/mol. The fraction of sp³-hybridized carbons (Fsp3) is 0.383. The van der Waals surface area contributed by atoms with Crippen LogP contribution in [0, 0.1) is 5.92 Å². The number of phenols is 1. The van der Waals surface area contributed by atoms with Crippen LogP contribution in [-0.2, 0) is 6.42 Å². The highest BCUT2D eigenvalue weighted by atomic mass is 16.3. The van der Waals surface area contributed by atoms with Crippen LogP contribution in [0.5, 0.6) is 5.75 Å². The van der Waals surface area contributed by atoms with E-state index in [-0.39, 0.29) is 11.9 Å². The molecule has 4 aliphatic rings. The van der Waals surface area contributed by atoms with Crippen molar-refractivity contribution in [3.8, 4) is 11.4 Å². The van der Waals surface area contributed by atoms with Gasteiger partial charge in [0, 0.05) is 102 Å². The second kappa shape index (κ2) is 16.6. The van der Waals surface area contributed by atoms with Crippen molar-refractivity contribution in [2.45, 2.75) is 37.5 Å². The summed E-state index contributed by atoms with van der Waals surface area (Å²) in [6.45, 7) is 9.73. The van der Waals surface area contributed by atoms with E-state index in [1.165, 1.54) is 44.8 Å². The molecule has 0 radical (unpaired) electrons. The quantitative estimate of drug-likeness (QED) is 0.213. The lowest BCUT2D eigenvalue weighted by atomic mass is 9.69. The van der Waals surface area contributed by atoms with Crippen molar-refractivity contribution in [3.63, 3.8) is 0 Å². The van der Waals surface area contributed by atoms with E-state index in [1.54, 1.807) is 0 Å². The monoisotopic (exact) mass is 779 g/mol. The van der Waals surface area contributed by atoms with Gasteiger partial charge in [-0.15, -0.1) is 0 Å². The van der Waals surface area contributed by atoms with Gasteiger partial charge in [-0.05, 0) is 108 Å². The molecule has 5 aromatic rings. The molecule has 2 N–H and O–H groups in total. The van der Waals surface area contributed by atoms with Gasteiger partial charge in [0.15, 0.2) is 0 Å². The number of piperazine rings is 2. The van der Waals surface area contributed by atoms with E-state index in [0.717, 1.165) is 109 Å². The normalized spacial score (nSPS) is 20.6. The Hall–Kier alpha value is -5.81. The molecule has 58 heavy (non-hydrogen) atoms. The van der Waals surface area contributed by atoms with E-state index in [0.29, 0.717) is 17.6 Å². The first-order valence-corrected chi connectivity index (χ1v) is 21.0. The van der Waals surface area contributed by atoms with Gasteiger partial charge in [0.25, 0.3) is 5.56 Å². The van der Waals surface area contributed by atoms with Crippen LogP contribution in [0.25, 0.3) is 5.69 Å². The highest BCUT2D eigenvalue weighted by molar-refractivity contribution is 5.75. The summed E-state index contributed by atoms with van der Waals surface area (Å²) in [7, 11) is 0. The van der Waals surface area contributed by atoms with Crippen molar-refractivity contribution in [3.05, 3.63) is 152 Å². The number of H-pyrrole nitrogens is 1. The summed E-state index contributed by atoms with van der Waals surface area (Å²) in [5.74, 6) is 1.54. The van der Waals surface area contributed by atoms with Gasteiger partial charge < -0.3 is 24.7 Å². The van der Waals surface area contributed by atoms with E-state index in [9.17, 15) is 19.5 Å². The summed E-state index contributed by atoms with van der Waals surface area (Å²) < 4.78 is 1.44. The van der Waals surface area contributed by atoms with E-state index in [4.69, 9.17) is 0 Å². The number of hydrogen-bond donors (Lipinski definition) is 2. The lowest BCUT2D eigenvalue weighted by Gasteiger charge is -2.42. The molecule has 300 valence electrons. The molecule has 2 atom stereocenters. The molecular weight excluding hydrogens is 727 g/mol. The molecule has 9 rings (SSSR count). The number of likely N-dealkylation sites (tertiary alicyclic amines) is 1. The molecule has 3 aliphatic heterocycles. The highest BCUT2D eigenvalue weighted by Gasteiger charge is 2.33. The van der Waals surface area contributed by atoms with Gasteiger partial charge >= 0.3 is 11.7 Å². The van der Waals surface area contributed by atoms with Crippen LogP contribution in [0.4, 0.5) is 16.2 Å². The predicted octanol–water partition coefficient (Wildman–Crippen LogP) is 5.87. The number of phenolic OH excluding ortho intramolecular Hbond substituents is 1. The third kappa shape index (κ3) is 8.00. The fourth-order valence-corrected chi connectivity index (χ4v) is 9.83. The number of carbonyl (C=O) groups is 1. The number of aromatic nitrogens is 2. The average Bonchev–Trinajstić information content (AvgIpc) is 3.27. The number of nitrogens with one attached hydrogen (secondary N) is 1. The second-order valence-electron chi connectivity index (χ2n) is 16.5. The van der Waals surface area contributed by atoms with Crippen molar-refractivity contribution in [1.29, 1.82) is 0 Å². The third-order valence-corrected chi connectivity index (χ3v) is 13.1. The largest absolute Gasteiger partial charge is 0.508 e. The number of urea groups is 1. The van der Waals surface area contributed by atoms with Crippen molar-refractivity contribution < 1.29 is 9.90 Å². The fourth-order valence-electron chi connectivity index (χ4n) is 9.83. The van der Waals surface area contributed by atoms with Crippen LogP contribution >= 0.6 is 0 Å². The molecule has 0 spiro atoms. The van der Waals surface area contributed by atoms with Gasteiger partial charge in [-0.2, -0.15) is 0 Å². The lowest BCUT2D eigenvalue weighted by Crippen LogP contribution is -2.54. The Balaban J connectivity index is 0.734. The number of piperidine rings is 1. The molecule has 1 aromatic heterocycles. The highest BCUT2D eigenvalue weighted by Crippen LogP contribution is 2.47. The first-order valence-electron chi connectivity index (χ1n) is 21.0. The second-order valence-corrected chi connectivity index (χ2v) is 16.5. The molecule has 3 fully saturated rings. The van der Waals surface area contributed by atoms with Gasteiger partial charge in [0.2, 0.25) is 0 Å². The zero-order valence-corrected chi connectivity index (χ0v) is 33.1. The number of anilines is 2. The molecule has 0 unspecified atom stereocenters. The number of aromatic hydroxyl groups is 1. The Kier molecular flexibility index (Phi) is 10.8. The molecule has 4 heterocycles. The van der Waals surface area contributed by atoms with E-state index >= 15 is 0 Å². The Morgan fingerprint density at radius 3 is 1.93 bits per heavy atom. The van der Waals surface area contributed by atoms with Crippen LogP contribution < -0.4 is 21.0 Å². The maximum atomic E-state index is 13.7.